The Morgan fingerprint density at radius 1 is 1.32 bits per heavy atom. The summed E-state index contributed by atoms with van der Waals surface area (Å²) in [7, 11) is 0. The Balaban J connectivity index is 1.84. The van der Waals surface area contributed by atoms with E-state index in [2.05, 4.69) is 29.3 Å². The van der Waals surface area contributed by atoms with Crippen LogP contribution in [0.5, 0.6) is 5.75 Å². The summed E-state index contributed by atoms with van der Waals surface area (Å²) in [6.07, 6.45) is 0. The Labute approximate surface area is 116 Å². The van der Waals surface area contributed by atoms with Crippen LogP contribution in [-0.2, 0) is 13.2 Å². The summed E-state index contributed by atoms with van der Waals surface area (Å²) in [4.78, 5) is 4.22. The lowest BCUT2D eigenvalue weighted by Crippen LogP contribution is -2.22. The molecule has 0 saturated carbocycles. The maximum absolute atomic E-state index is 5.79. The summed E-state index contributed by atoms with van der Waals surface area (Å²) in [5.41, 5.74) is 0. The molecule has 5 nitrogen and oxygen atoms in total. The van der Waals surface area contributed by atoms with Crippen molar-refractivity contribution in [3.8, 4) is 5.75 Å². The van der Waals surface area contributed by atoms with E-state index in [1.807, 2.05) is 0 Å². The van der Waals surface area contributed by atoms with Crippen LogP contribution < -0.4 is 10.1 Å². The van der Waals surface area contributed by atoms with Gasteiger partial charge in [-0.05, 0) is 24.3 Å². The summed E-state index contributed by atoms with van der Waals surface area (Å²) in [6, 6.07) is 7.50. The number of aromatic nitrogens is 2. The number of nitrogens with zero attached hydrogens (tertiary/aromatic N) is 2. The van der Waals surface area contributed by atoms with Crippen molar-refractivity contribution in [1.82, 2.24) is 15.5 Å². The minimum absolute atomic E-state index is 0.246. The number of benzene rings is 1. The molecule has 0 saturated heterocycles. The number of rotatable bonds is 6. The van der Waals surface area contributed by atoms with Gasteiger partial charge in [0.1, 0.15) is 5.75 Å². The smallest absolute Gasteiger partial charge is 0.264 e. The van der Waals surface area contributed by atoms with Crippen molar-refractivity contribution in [2.24, 2.45) is 0 Å². The minimum Gasteiger partial charge on any atom is -0.484 e. The molecule has 0 unspecified atom stereocenters. The van der Waals surface area contributed by atoms with Crippen molar-refractivity contribution in [3.05, 3.63) is 41.0 Å². The van der Waals surface area contributed by atoms with Gasteiger partial charge in [-0.15, -0.1) is 0 Å². The average Bonchev–Trinajstić information content (AvgIpc) is 2.84. The van der Waals surface area contributed by atoms with Crippen LogP contribution in [0.15, 0.2) is 28.8 Å². The zero-order valence-electron chi connectivity index (χ0n) is 10.9. The fourth-order valence-electron chi connectivity index (χ4n) is 1.39. The molecule has 0 aliphatic rings. The lowest BCUT2D eigenvalue weighted by molar-refractivity contribution is 0.242. The Bertz CT molecular complexity index is 511. The Kier molecular flexibility index (Phi) is 4.76. The number of hydrogen-bond donors (Lipinski definition) is 1. The molecule has 2 aromatic rings. The van der Waals surface area contributed by atoms with E-state index in [1.54, 1.807) is 24.3 Å². The van der Waals surface area contributed by atoms with Gasteiger partial charge in [0, 0.05) is 11.1 Å². The van der Waals surface area contributed by atoms with Gasteiger partial charge in [-0.2, -0.15) is 4.98 Å². The van der Waals surface area contributed by atoms with Gasteiger partial charge in [-0.25, -0.2) is 0 Å². The molecule has 0 radical (unpaired) electrons. The summed E-state index contributed by atoms with van der Waals surface area (Å²) in [5.74, 6) is 1.79. The zero-order valence-corrected chi connectivity index (χ0v) is 11.6. The van der Waals surface area contributed by atoms with Crippen LogP contribution in [0.2, 0.25) is 5.02 Å². The second-order valence-corrected chi connectivity index (χ2v) is 4.82. The number of ether oxygens (including phenoxy) is 1. The molecule has 6 heteroatoms. The van der Waals surface area contributed by atoms with Crippen molar-refractivity contribution in [2.75, 3.05) is 0 Å². The van der Waals surface area contributed by atoms with Gasteiger partial charge in [0.05, 0.1) is 6.54 Å². The van der Waals surface area contributed by atoms with Crippen LogP contribution in [0.3, 0.4) is 0 Å². The third kappa shape index (κ3) is 4.54. The molecule has 1 aromatic heterocycles. The van der Waals surface area contributed by atoms with Crippen LogP contribution in [-0.4, -0.2) is 16.2 Å². The van der Waals surface area contributed by atoms with E-state index in [9.17, 15) is 0 Å². The highest BCUT2D eigenvalue weighted by Crippen LogP contribution is 2.16. The second kappa shape index (κ2) is 6.54. The first-order chi connectivity index (χ1) is 9.13. The van der Waals surface area contributed by atoms with Crippen molar-refractivity contribution in [3.63, 3.8) is 0 Å². The summed E-state index contributed by atoms with van der Waals surface area (Å²) < 4.78 is 10.6. The Morgan fingerprint density at radius 3 is 2.74 bits per heavy atom. The standard InChI is InChI=1S/C13H16ClN3O2/c1-9(2)15-7-12-16-13(19-17-12)8-18-11-5-3-10(14)4-6-11/h3-6,9,15H,7-8H2,1-2H3. The first-order valence-corrected chi connectivity index (χ1v) is 6.44. The Hall–Kier alpha value is -1.59. The summed E-state index contributed by atoms with van der Waals surface area (Å²) >= 11 is 5.79. The number of nitrogens with one attached hydrogen (secondary N) is 1. The van der Waals surface area contributed by atoms with E-state index in [1.165, 1.54) is 0 Å². The van der Waals surface area contributed by atoms with E-state index in [-0.39, 0.29) is 6.61 Å². The van der Waals surface area contributed by atoms with Gasteiger partial charge in [0.25, 0.3) is 5.89 Å². The molecular weight excluding hydrogens is 266 g/mol. The first-order valence-electron chi connectivity index (χ1n) is 6.06. The molecule has 0 spiro atoms. The molecule has 0 bridgehead atoms. The molecule has 0 amide bonds. The monoisotopic (exact) mass is 281 g/mol. The van der Waals surface area contributed by atoms with E-state index in [4.69, 9.17) is 20.9 Å². The fourth-order valence-corrected chi connectivity index (χ4v) is 1.52. The van der Waals surface area contributed by atoms with Gasteiger partial charge in [0.2, 0.25) is 0 Å². The lowest BCUT2D eigenvalue weighted by atomic mass is 10.3. The highest BCUT2D eigenvalue weighted by molar-refractivity contribution is 6.30. The molecular formula is C13H16ClN3O2. The summed E-state index contributed by atoms with van der Waals surface area (Å²) in [5, 5.41) is 7.75. The average molecular weight is 282 g/mol. The maximum atomic E-state index is 5.79. The predicted octanol–water partition coefficient (Wildman–Crippen LogP) is 2.80. The van der Waals surface area contributed by atoms with E-state index in [0.29, 0.717) is 35.1 Å². The third-order valence-electron chi connectivity index (χ3n) is 2.35. The van der Waals surface area contributed by atoms with Gasteiger partial charge in [-0.1, -0.05) is 30.6 Å². The van der Waals surface area contributed by atoms with Crippen molar-refractivity contribution in [2.45, 2.75) is 33.0 Å². The fraction of sp³-hybridized carbons (Fsp3) is 0.385. The van der Waals surface area contributed by atoms with Crippen LogP contribution >= 0.6 is 11.6 Å². The molecule has 1 aromatic carbocycles. The highest BCUT2D eigenvalue weighted by Gasteiger charge is 2.07. The molecule has 0 fully saturated rings. The van der Waals surface area contributed by atoms with Crippen LogP contribution in [0.25, 0.3) is 0 Å². The Morgan fingerprint density at radius 2 is 2.05 bits per heavy atom. The molecule has 0 aliphatic carbocycles. The number of halogens is 1. The normalized spacial score (nSPS) is 10.9. The van der Waals surface area contributed by atoms with Crippen molar-refractivity contribution < 1.29 is 9.26 Å². The van der Waals surface area contributed by atoms with Gasteiger partial charge in [0.15, 0.2) is 12.4 Å². The molecule has 0 aliphatic heterocycles. The molecule has 2 rings (SSSR count). The van der Waals surface area contributed by atoms with Crippen molar-refractivity contribution >= 4 is 11.6 Å². The van der Waals surface area contributed by atoms with Gasteiger partial charge in [-0.3, -0.25) is 0 Å². The predicted molar refractivity (Wildman–Crippen MR) is 72.1 cm³/mol. The van der Waals surface area contributed by atoms with Crippen LogP contribution in [0.4, 0.5) is 0 Å². The van der Waals surface area contributed by atoms with Gasteiger partial charge >= 0.3 is 0 Å². The third-order valence-corrected chi connectivity index (χ3v) is 2.61. The SMILES string of the molecule is CC(C)NCc1noc(COc2ccc(Cl)cc2)n1. The van der Waals surface area contributed by atoms with E-state index < -0.39 is 0 Å². The van der Waals surface area contributed by atoms with E-state index >= 15 is 0 Å². The molecule has 1 heterocycles. The maximum Gasteiger partial charge on any atom is 0.264 e. The van der Waals surface area contributed by atoms with Gasteiger partial charge < -0.3 is 14.6 Å². The topological polar surface area (TPSA) is 60.2 Å². The van der Waals surface area contributed by atoms with Crippen LogP contribution in [0, 0.1) is 0 Å². The number of hydrogen-bond acceptors (Lipinski definition) is 5. The minimum atomic E-state index is 0.246. The largest absolute Gasteiger partial charge is 0.484 e. The van der Waals surface area contributed by atoms with Crippen molar-refractivity contribution in [1.29, 1.82) is 0 Å². The molecule has 0 atom stereocenters. The molecule has 19 heavy (non-hydrogen) atoms. The first kappa shape index (κ1) is 13.8. The summed E-state index contributed by atoms with van der Waals surface area (Å²) in [6.45, 7) is 4.95. The van der Waals surface area contributed by atoms with Crippen LogP contribution in [0.1, 0.15) is 25.6 Å². The molecule has 102 valence electrons. The second-order valence-electron chi connectivity index (χ2n) is 4.38. The zero-order chi connectivity index (χ0) is 13.7. The van der Waals surface area contributed by atoms with E-state index in [0.717, 1.165) is 0 Å². The lowest BCUT2D eigenvalue weighted by Gasteiger charge is -2.03. The molecule has 1 N–H and O–H groups in total. The quantitative estimate of drug-likeness (QED) is 0.882. The highest BCUT2D eigenvalue weighted by atomic mass is 35.5.